The molecule has 1 N–H and O–H groups in total. The fourth-order valence-electron chi connectivity index (χ4n) is 3.64. The van der Waals surface area contributed by atoms with Crippen molar-refractivity contribution in [3.8, 4) is 0 Å². The van der Waals surface area contributed by atoms with Crippen molar-refractivity contribution >= 4 is 18.1 Å². The molecule has 1 unspecified atom stereocenters. The van der Waals surface area contributed by atoms with Gasteiger partial charge >= 0.3 is 0 Å². The van der Waals surface area contributed by atoms with Gasteiger partial charge in [-0.05, 0) is 44.4 Å². The van der Waals surface area contributed by atoms with Crippen molar-refractivity contribution in [2.24, 2.45) is 0 Å². The monoisotopic (exact) mass is 301 g/mol. The van der Waals surface area contributed by atoms with Crippen LogP contribution in [0.5, 0.6) is 0 Å². The highest BCUT2D eigenvalue weighted by Crippen LogP contribution is 2.47. The molecule has 21 heavy (non-hydrogen) atoms. The van der Waals surface area contributed by atoms with Gasteiger partial charge in [-0.1, -0.05) is 55.0 Å². The Hall–Kier alpha value is -1.47. The predicted molar refractivity (Wildman–Crippen MR) is 93.6 cm³/mol. The molecule has 2 aromatic rings. The molecule has 112 valence electrons. The Morgan fingerprint density at radius 3 is 2.19 bits per heavy atom. The molecular formula is C19H24ClN. The Morgan fingerprint density at radius 2 is 1.52 bits per heavy atom. The molecule has 0 aliphatic carbocycles. The standard InChI is InChI=1S/C19H23N.ClH/c1-14-9-11-15(12-10-14)19(4)13-18(2,3)20-17-8-6-5-7-16(17)19;/h5-12,20H,13H2,1-4H3;1H. The summed E-state index contributed by atoms with van der Waals surface area (Å²) in [5.41, 5.74) is 5.58. The van der Waals surface area contributed by atoms with Crippen LogP contribution in [-0.4, -0.2) is 5.54 Å². The van der Waals surface area contributed by atoms with Crippen molar-refractivity contribution in [1.29, 1.82) is 0 Å². The molecule has 0 radical (unpaired) electrons. The number of hydrogen-bond acceptors (Lipinski definition) is 1. The van der Waals surface area contributed by atoms with Gasteiger partial charge in [0.05, 0.1) is 0 Å². The lowest BCUT2D eigenvalue weighted by Crippen LogP contribution is -2.45. The van der Waals surface area contributed by atoms with Gasteiger partial charge in [0.1, 0.15) is 0 Å². The minimum absolute atomic E-state index is 0. The van der Waals surface area contributed by atoms with Crippen LogP contribution in [0.2, 0.25) is 0 Å². The molecule has 1 nitrogen and oxygen atoms in total. The smallest absolute Gasteiger partial charge is 0.0385 e. The number of anilines is 1. The first-order valence-electron chi connectivity index (χ1n) is 7.36. The summed E-state index contributed by atoms with van der Waals surface area (Å²) in [6.45, 7) is 9.09. The molecule has 1 aliphatic heterocycles. The van der Waals surface area contributed by atoms with Gasteiger partial charge in [0, 0.05) is 16.6 Å². The Kier molecular flexibility index (Phi) is 4.08. The van der Waals surface area contributed by atoms with Gasteiger partial charge < -0.3 is 5.32 Å². The van der Waals surface area contributed by atoms with Crippen LogP contribution in [0.15, 0.2) is 48.5 Å². The SMILES string of the molecule is Cc1ccc(C2(C)CC(C)(C)Nc3ccccc32)cc1.Cl. The van der Waals surface area contributed by atoms with Crippen molar-refractivity contribution < 1.29 is 0 Å². The largest absolute Gasteiger partial charge is 0.380 e. The lowest BCUT2D eigenvalue weighted by atomic mass is 9.66. The van der Waals surface area contributed by atoms with E-state index in [-0.39, 0.29) is 23.4 Å². The molecule has 0 bridgehead atoms. The molecule has 1 aliphatic rings. The van der Waals surface area contributed by atoms with Gasteiger partial charge in [0.15, 0.2) is 0 Å². The van der Waals surface area contributed by atoms with Crippen LogP contribution in [0.1, 0.15) is 43.9 Å². The van der Waals surface area contributed by atoms with E-state index in [4.69, 9.17) is 0 Å². The molecule has 3 rings (SSSR count). The van der Waals surface area contributed by atoms with Crippen LogP contribution in [0.25, 0.3) is 0 Å². The molecule has 0 spiro atoms. The third kappa shape index (κ3) is 2.80. The van der Waals surface area contributed by atoms with Crippen LogP contribution >= 0.6 is 12.4 Å². The first-order chi connectivity index (χ1) is 9.41. The molecule has 1 atom stereocenters. The predicted octanol–water partition coefficient (Wildman–Crippen LogP) is 5.32. The number of nitrogens with one attached hydrogen (secondary N) is 1. The fraction of sp³-hybridized carbons (Fsp3) is 0.368. The second kappa shape index (κ2) is 5.38. The summed E-state index contributed by atoms with van der Waals surface area (Å²) in [7, 11) is 0. The average Bonchev–Trinajstić information content (AvgIpc) is 2.38. The Labute approximate surface area is 134 Å². The van der Waals surface area contributed by atoms with E-state index in [1.807, 2.05) is 0 Å². The van der Waals surface area contributed by atoms with Crippen molar-refractivity contribution in [2.45, 2.75) is 45.1 Å². The summed E-state index contributed by atoms with van der Waals surface area (Å²) >= 11 is 0. The highest BCUT2D eigenvalue weighted by molar-refractivity contribution is 5.85. The van der Waals surface area contributed by atoms with Crippen LogP contribution in [-0.2, 0) is 5.41 Å². The molecule has 2 aromatic carbocycles. The topological polar surface area (TPSA) is 12.0 Å². The zero-order valence-electron chi connectivity index (χ0n) is 13.2. The molecule has 0 amide bonds. The third-order valence-electron chi connectivity index (χ3n) is 4.48. The van der Waals surface area contributed by atoms with Crippen LogP contribution < -0.4 is 5.32 Å². The summed E-state index contributed by atoms with van der Waals surface area (Å²) in [6, 6.07) is 17.7. The minimum Gasteiger partial charge on any atom is -0.380 e. The molecule has 0 aromatic heterocycles. The van der Waals surface area contributed by atoms with Crippen LogP contribution in [0.3, 0.4) is 0 Å². The zero-order chi connectivity index (χ0) is 14.4. The van der Waals surface area contributed by atoms with Gasteiger partial charge in [0.2, 0.25) is 0 Å². The second-order valence-corrected chi connectivity index (χ2v) is 6.93. The van der Waals surface area contributed by atoms with Crippen molar-refractivity contribution in [3.63, 3.8) is 0 Å². The minimum atomic E-state index is 0. The summed E-state index contributed by atoms with van der Waals surface area (Å²) in [5, 5.41) is 3.67. The van der Waals surface area contributed by atoms with E-state index in [9.17, 15) is 0 Å². The van der Waals surface area contributed by atoms with Crippen molar-refractivity contribution in [2.75, 3.05) is 5.32 Å². The van der Waals surface area contributed by atoms with E-state index >= 15 is 0 Å². The number of para-hydroxylation sites is 1. The number of rotatable bonds is 1. The lowest BCUT2D eigenvalue weighted by molar-refractivity contribution is 0.378. The quantitative estimate of drug-likeness (QED) is 0.752. The van der Waals surface area contributed by atoms with E-state index in [0.717, 1.165) is 6.42 Å². The van der Waals surface area contributed by atoms with Gasteiger partial charge in [-0.25, -0.2) is 0 Å². The van der Waals surface area contributed by atoms with Gasteiger partial charge in [-0.3, -0.25) is 0 Å². The molecule has 2 heteroatoms. The summed E-state index contributed by atoms with van der Waals surface area (Å²) in [6.07, 6.45) is 1.10. The number of hydrogen-bond donors (Lipinski definition) is 1. The maximum atomic E-state index is 3.67. The number of benzene rings is 2. The summed E-state index contributed by atoms with van der Waals surface area (Å²) in [4.78, 5) is 0. The molecule has 1 heterocycles. The van der Waals surface area contributed by atoms with Gasteiger partial charge in [-0.2, -0.15) is 0 Å². The Bertz CT molecular complexity index is 630. The first-order valence-corrected chi connectivity index (χ1v) is 7.36. The molecule has 0 fully saturated rings. The van der Waals surface area contributed by atoms with E-state index in [2.05, 4.69) is 81.5 Å². The first kappa shape index (κ1) is 15.9. The van der Waals surface area contributed by atoms with Gasteiger partial charge in [0.25, 0.3) is 0 Å². The maximum Gasteiger partial charge on any atom is 0.0385 e. The highest BCUT2D eigenvalue weighted by atomic mass is 35.5. The maximum absolute atomic E-state index is 3.67. The average molecular weight is 302 g/mol. The molecule has 0 saturated heterocycles. The lowest BCUT2D eigenvalue weighted by Gasteiger charge is -2.45. The summed E-state index contributed by atoms with van der Waals surface area (Å²) < 4.78 is 0. The Morgan fingerprint density at radius 1 is 0.905 bits per heavy atom. The Balaban J connectivity index is 0.00000161. The van der Waals surface area contributed by atoms with E-state index in [0.29, 0.717) is 0 Å². The normalized spacial score (nSPS) is 22.7. The van der Waals surface area contributed by atoms with Crippen LogP contribution in [0, 0.1) is 6.92 Å². The zero-order valence-corrected chi connectivity index (χ0v) is 14.1. The summed E-state index contributed by atoms with van der Waals surface area (Å²) in [5.74, 6) is 0. The van der Waals surface area contributed by atoms with E-state index < -0.39 is 0 Å². The van der Waals surface area contributed by atoms with E-state index in [1.54, 1.807) is 0 Å². The molecule has 0 saturated carbocycles. The number of aryl methyl sites for hydroxylation is 1. The number of halogens is 1. The highest BCUT2D eigenvalue weighted by Gasteiger charge is 2.41. The number of fused-ring (bicyclic) bond motifs is 1. The molecular weight excluding hydrogens is 278 g/mol. The van der Waals surface area contributed by atoms with Crippen molar-refractivity contribution in [3.05, 3.63) is 65.2 Å². The van der Waals surface area contributed by atoms with E-state index in [1.165, 1.54) is 22.4 Å². The van der Waals surface area contributed by atoms with Gasteiger partial charge in [-0.15, -0.1) is 12.4 Å². The van der Waals surface area contributed by atoms with Crippen molar-refractivity contribution in [1.82, 2.24) is 0 Å². The third-order valence-corrected chi connectivity index (χ3v) is 4.48. The second-order valence-electron chi connectivity index (χ2n) is 6.93. The van der Waals surface area contributed by atoms with Crippen LogP contribution in [0.4, 0.5) is 5.69 Å². The fourth-order valence-corrected chi connectivity index (χ4v) is 3.64.